The van der Waals surface area contributed by atoms with Crippen LogP contribution in [0.4, 0.5) is 0 Å². The summed E-state index contributed by atoms with van der Waals surface area (Å²) < 4.78 is 0. The van der Waals surface area contributed by atoms with Crippen LogP contribution < -0.4 is 0 Å². The van der Waals surface area contributed by atoms with E-state index in [4.69, 9.17) is 5.11 Å². The van der Waals surface area contributed by atoms with E-state index in [0.717, 1.165) is 12.1 Å². The van der Waals surface area contributed by atoms with E-state index in [-0.39, 0.29) is 6.61 Å². The van der Waals surface area contributed by atoms with Crippen LogP contribution in [-0.4, -0.2) is 29.7 Å². The molecule has 1 N–H and O–H groups in total. The van der Waals surface area contributed by atoms with Gasteiger partial charge in [-0.25, -0.2) is 0 Å². The summed E-state index contributed by atoms with van der Waals surface area (Å²) in [5.41, 5.74) is 2.93. The van der Waals surface area contributed by atoms with Crippen molar-refractivity contribution in [2.24, 2.45) is 5.41 Å². The maximum absolute atomic E-state index is 8.78. The van der Waals surface area contributed by atoms with Crippen molar-refractivity contribution >= 4 is 0 Å². The van der Waals surface area contributed by atoms with Gasteiger partial charge in [0.25, 0.3) is 0 Å². The van der Waals surface area contributed by atoms with Gasteiger partial charge in [-0.1, -0.05) is 37.8 Å². The molecule has 0 aliphatic carbocycles. The van der Waals surface area contributed by atoms with Crippen molar-refractivity contribution in [1.29, 1.82) is 0 Å². The molecule has 0 atom stereocenters. The van der Waals surface area contributed by atoms with Crippen LogP contribution in [-0.2, 0) is 6.54 Å². The van der Waals surface area contributed by atoms with Crippen LogP contribution in [0.1, 0.15) is 50.7 Å². The first-order chi connectivity index (χ1) is 10.2. The fourth-order valence-corrected chi connectivity index (χ4v) is 3.22. The van der Waals surface area contributed by atoms with Gasteiger partial charge >= 0.3 is 0 Å². The van der Waals surface area contributed by atoms with E-state index < -0.39 is 0 Å². The third-order valence-electron chi connectivity index (χ3n) is 4.82. The van der Waals surface area contributed by atoms with Gasteiger partial charge < -0.3 is 5.11 Å². The number of nitrogens with zero attached hydrogens (tertiary/aromatic N) is 1. The van der Waals surface area contributed by atoms with Gasteiger partial charge in [0.1, 0.15) is 0 Å². The van der Waals surface area contributed by atoms with Crippen LogP contribution in [0.5, 0.6) is 0 Å². The third-order valence-corrected chi connectivity index (χ3v) is 4.82. The van der Waals surface area contributed by atoms with Crippen LogP contribution in [0.15, 0.2) is 24.3 Å². The zero-order valence-electron chi connectivity index (χ0n) is 13.4. The lowest BCUT2D eigenvalue weighted by atomic mass is 9.82. The number of benzene rings is 1. The van der Waals surface area contributed by atoms with Crippen molar-refractivity contribution in [1.82, 2.24) is 4.90 Å². The fourth-order valence-electron chi connectivity index (χ4n) is 3.22. The highest BCUT2D eigenvalue weighted by molar-refractivity contribution is 5.37. The van der Waals surface area contributed by atoms with E-state index in [0.29, 0.717) is 11.8 Å². The second-order valence-corrected chi connectivity index (χ2v) is 6.14. The Labute approximate surface area is 129 Å². The summed E-state index contributed by atoms with van der Waals surface area (Å²) in [6.07, 6.45) is 4.45. The lowest BCUT2D eigenvalue weighted by Gasteiger charge is -2.26. The maximum Gasteiger partial charge on any atom is 0.0540 e. The van der Waals surface area contributed by atoms with Crippen LogP contribution in [0.25, 0.3) is 0 Å². The van der Waals surface area contributed by atoms with Crippen molar-refractivity contribution in [3.8, 4) is 11.8 Å². The van der Waals surface area contributed by atoms with Gasteiger partial charge in [0.2, 0.25) is 0 Å². The van der Waals surface area contributed by atoms with E-state index >= 15 is 0 Å². The minimum atomic E-state index is 0.136. The van der Waals surface area contributed by atoms with Crippen molar-refractivity contribution in [3.63, 3.8) is 0 Å². The van der Waals surface area contributed by atoms with Gasteiger partial charge in [-0.2, -0.15) is 0 Å². The molecule has 0 bridgehead atoms. The van der Waals surface area contributed by atoms with Crippen molar-refractivity contribution < 1.29 is 5.11 Å². The first kappa shape index (κ1) is 16.1. The smallest absolute Gasteiger partial charge is 0.0540 e. The zero-order valence-corrected chi connectivity index (χ0v) is 13.4. The third kappa shape index (κ3) is 4.33. The number of rotatable bonds is 5. The summed E-state index contributed by atoms with van der Waals surface area (Å²) in [6.45, 7) is 8.24. The van der Waals surface area contributed by atoms with E-state index in [2.05, 4.69) is 48.8 Å². The Morgan fingerprint density at radius 2 is 2.10 bits per heavy atom. The zero-order chi connectivity index (χ0) is 15.1. The molecule has 1 aromatic carbocycles. The van der Waals surface area contributed by atoms with Crippen molar-refractivity contribution in [2.45, 2.75) is 46.1 Å². The van der Waals surface area contributed by atoms with Crippen LogP contribution >= 0.6 is 0 Å². The largest absolute Gasteiger partial charge is 0.395 e. The molecule has 2 nitrogen and oxygen atoms in total. The second kappa shape index (κ2) is 7.64. The molecule has 2 heteroatoms. The summed E-state index contributed by atoms with van der Waals surface area (Å²) in [4.78, 5) is 2.58. The molecular weight excluding hydrogens is 258 g/mol. The van der Waals surface area contributed by atoms with Gasteiger partial charge in [0, 0.05) is 25.1 Å². The van der Waals surface area contributed by atoms with E-state index in [1.165, 1.54) is 37.9 Å². The first-order valence-corrected chi connectivity index (χ1v) is 8.12. The molecule has 1 aliphatic heterocycles. The molecule has 1 fully saturated rings. The average Bonchev–Trinajstić information content (AvgIpc) is 2.92. The van der Waals surface area contributed by atoms with Gasteiger partial charge in [-0.15, -0.1) is 0 Å². The Balaban J connectivity index is 1.98. The summed E-state index contributed by atoms with van der Waals surface area (Å²) in [6, 6.07) is 8.50. The number of likely N-dealkylation sites (tertiary alicyclic amines) is 1. The average molecular weight is 285 g/mol. The molecule has 1 heterocycles. The first-order valence-electron chi connectivity index (χ1n) is 8.12. The van der Waals surface area contributed by atoms with E-state index in [9.17, 15) is 0 Å². The SMILES string of the molecule is CCC1(CC)CCN(Cc2cccc(C#CCCO)c2)C1. The van der Waals surface area contributed by atoms with E-state index in [1.807, 2.05) is 6.07 Å². The number of aliphatic hydroxyl groups excluding tert-OH is 1. The number of hydrogen-bond acceptors (Lipinski definition) is 2. The number of hydrogen-bond donors (Lipinski definition) is 1. The molecule has 0 amide bonds. The highest BCUT2D eigenvalue weighted by atomic mass is 16.2. The summed E-state index contributed by atoms with van der Waals surface area (Å²) in [5, 5.41) is 8.78. The van der Waals surface area contributed by atoms with Gasteiger partial charge in [-0.05, 0) is 48.9 Å². The topological polar surface area (TPSA) is 23.5 Å². The molecular formula is C19H27NO. The molecule has 0 saturated carbocycles. The Hall–Kier alpha value is -1.30. The summed E-state index contributed by atoms with van der Waals surface area (Å²) >= 11 is 0. The Bertz CT molecular complexity index is 508. The maximum atomic E-state index is 8.78. The van der Waals surface area contributed by atoms with Crippen molar-refractivity contribution in [3.05, 3.63) is 35.4 Å². The molecule has 1 aliphatic rings. The van der Waals surface area contributed by atoms with Crippen LogP contribution in [0.2, 0.25) is 0 Å². The molecule has 2 rings (SSSR count). The van der Waals surface area contributed by atoms with Crippen molar-refractivity contribution in [2.75, 3.05) is 19.7 Å². The van der Waals surface area contributed by atoms with E-state index in [1.54, 1.807) is 0 Å². The lowest BCUT2D eigenvalue weighted by Crippen LogP contribution is -2.26. The van der Waals surface area contributed by atoms with Gasteiger partial charge in [-0.3, -0.25) is 4.90 Å². The minimum Gasteiger partial charge on any atom is -0.395 e. The monoisotopic (exact) mass is 285 g/mol. The predicted octanol–water partition coefficient (Wildman–Crippen LogP) is 3.43. The molecule has 0 unspecified atom stereocenters. The normalized spacial score (nSPS) is 17.5. The Kier molecular flexibility index (Phi) is 5.85. The predicted molar refractivity (Wildman–Crippen MR) is 87.9 cm³/mol. The summed E-state index contributed by atoms with van der Waals surface area (Å²) in [5.74, 6) is 6.11. The Morgan fingerprint density at radius 1 is 1.29 bits per heavy atom. The molecule has 0 spiro atoms. The minimum absolute atomic E-state index is 0.136. The molecule has 0 aromatic heterocycles. The molecule has 114 valence electrons. The molecule has 0 radical (unpaired) electrons. The van der Waals surface area contributed by atoms with Gasteiger partial charge in [0.15, 0.2) is 0 Å². The van der Waals surface area contributed by atoms with Crippen LogP contribution in [0, 0.1) is 17.3 Å². The quantitative estimate of drug-likeness (QED) is 0.838. The molecule has 1 aromatic rings. The second-order valence-electron chi connectivity index (χ2n) is 6.14. The number of aliphatic hydroxyl groups is 1. The summed E-state index contributed by atoms with van der Waals surface area (Å²) in [7, 11) is 0. The molecule has 21 heavy (non-hydrogen) atoms. The van der Waals surface area contributed by atoms with Gasteiger partial charge in [0.05, 0.1) is 6.61 Å². The fraction of sp³-hybridized carbons (Fsp3) is 0.579. The highest BCUT2D eigenvalue weighted by Gasteiger charge is 2.34. The Morgan fingerprint density at radius 3 is 2.76 bits per heavy atom. The lowest BCUT2D eigenvalue weighted by molar-refractivity contribution is 0.236. The standard InChI is InChI=1S/C19H27NO/c1-3-19(4-2)11-12-20(16-19)15-18-10-7-9-17(14-18)8-5-6-13-21/h7,9-10,14,21H,3-4,6,11-13,15-16H2,1-2H3. The molecule has 1 saturated heterocycles. The van der Waals surface area contributed by atoms with Crippen LogP contribution in [0.3, 0.4) is 0 Å². The highest BCUT2D eigenvalue weighted by Crippen LogP contribution is 2.37.